The Morgan fingerprint density at radius 1 is 1.19 bits per heavy atom. The molecule has 0 saturated heterocycles. The Bertz CT molecular complexity index is 638. The van der Waals surface area contributed by atoms with Gasteiger partial charge in [0.2, 0.25) is 0 Å². The first-order valence-electron chi connectivity index (χ1n) is 6.95. The van der Waals surface area contributed by atoms with E-state index in [1.807, 2.05) is 38.2 Å². The highest BCUT2D eigenvalue weighted by molar-refractivity contribution is 6.05. The van der Waals surface area contributed by atoms with Crippen LogP contribution in [0.25, 0.3) is 0 Å². The topological polar surface area (TPSA) is 61.4 Å². The zero-order valence-corrected chi connectivity index (χ0v) is 12.3. The van der Waals surface area contributed by atoms with Crippen molar-refractivity contribution in [3.63, 3.8) is 0 Å². The second kappa shape index (κ2) is 6.90. The summed E-state index contributed by atoms with van der Waals surface area (Å²) in [6, 6.07) is 12.7. The molecular formula is C17H20N2O2. The Balaban J connectivity index is 2.18. The van der Waals surface area contributed by atoms with Crippen molar-refractivity contribution in [1.82, 2.24) is 5.32 Å². The van der Waals surface area contributed by atoms with Crippen LogP contribution in [0.1, 0.15) is 21.5 Å². The monoisotopic (exact) mass is 284 g/mol. The fourth-order valence-corrected chi connectivity index (χ4v) is 2.11. The number of likely N-dealkylation sites (N-methyl/N-ethyl adjacent to an activating group) is 1. The first-order valence-corrected chi connectivity index (χ1v) is 6.95. The molecular weight excluding hydrogens is 264 g/mol. The predicted molar refractivity (Wildman–Crippen MR) is 84.9 cm³/mol. The van der Waals surface area contributed by atoms with Crippen molar-refractivity contribution < 1.29 is 9.90 Å². The normalized spacial score (nSPS) is 10.4. The number of amides is 1. The van der Waals surface area contributed by atoms with Crippen molar-refractivity contribution in [2.24, 2.45) is 0 Å². The van der Waals surface area contributed by atoms with Crippen LogP contribution in [-0.2, 0) is 6.42 Å². The Kier molecular flexibility index (Phi) is 4.95. The summed E-state index contributed by atoms with van der Waals surface area (Å²) in [5.74, 6) is 0.0150. The van der Waals surface area contributed by atoms with Crippen molar-refractivity contribution >= 4 is 11.6 Å². The van der Waals surface area contributed by atoms with Gasteiger partial charge < -0.3 is 15.7 Å². The van der Waals surface area contributed by atoms with Crippen LogP contribution < -0.4 is 10.6 Å². The molecule has 2 rings (SSSR count). The van der Waals surface area contributed by atoms with E-state index < -0.39 is 0 Å². The largest absolute Gasteiger partial charge is 0.508 e. The number of nitrogens with one attached hydrogen (secondary N) is 2. The minimum Gasteiger partial charge on any atom is -0.508 e. The number of carbonyl (C=O) groups excluding carboxylic acids is 1. The second-order valence-electron chi connectivity index (χ2n) is 4.97. The minimum atomic E-state index is -0.162. The summed E-state index contributed by atoms with van der Waals surface area (Å²) in [5, 5.41) is 15.6. The summed E-state index contributed by atoms with van der Waals surface area (Å²) in [6.07, 6.45) is 0.791. The molecule has 110 valence electrons. The third-order valence-electron chi connectivity index (χ3n) is 3.37. The van der Waals surface area contributed by atoms with Crippen molar-refractivity contribution in [2.75, 3.05) is 18.9 Å². The van der Waals surface area contributed by atoms with E-state index in [0.717, 1.165) is 24.1 Å². The van der Waals surface area contributed by atoms with Crippen molar-refractivity contribution in [3.8, 4) is 5.75 Å². The number of hydrogen-bond acceptors (Lipinski definition) is 3. The van der Waals surface area contributed by atoms with Gasteiger partial charge in [-0.15, -0.1) is 0 Å². The van der Waals surface area contributed by atoms with E-state index in [0.29, 0.717) is 11.3 Å². The number of anilines is 1. The molecule has 0 aliphatic heterocycles. The third kappa shape index (κ3) is 3.83. The molecule has 0 radical (unpaired) electrons. The van der Waals surface area contributed by atoms with Gasteiger partial charge in [0, 0.05) is 17.3 Å². The van der Waals surface area contributed by atoms with E-state index in [1.165, 1.54) is 0 Å². The molecule has 0 saturated carbocycles. The van der Waals surface area contributed by atoms with Gasteiger partial charge in [-0.2, -0.15) is 0 Å². The maximum absolute atomic E-state index is 12.4. The van der Waals surface area contributed by atoms with Crippen LogP contribution >= 0.6 is 0 Å². The fraction of sp³-hybridized carbons (Fsp3) is 0.235. The van der Waals surface area contributed by atoms with Crippen LogP contribution in [0.2, 0.25) is 0 Å². The highest BCUT2D eigenvalue weighted by Crippen LogP contribution is 2.21. The molecule has 0 bridgehead atoms. The smallest absolute Gasteiger partial charge is 0.255 e. The predicted octanol–water partition coefficient (Wildman–Crippen LogP) is 2.71. The summed E-state index contributed by atoms with van der Waals surface area (Å²) >= 11 is 0. The summed E-state index contributed by atoms with van der Waals surface area (Å²) in [7, 11) is 1.89. The summed E-state index contributed by atoms with van der Waals surface area (Å²) in [4.78, 5) is 12.4. The average molecular weight is 284 g/mol. The van der Waals surface area contributed by atoms with Crippen LogP contribution in [0.4, 0.5) is 5.69 Å². The first kappa shape index (κ1) is 15.1. The van der Waals surface area contributed by atoms with Gasteiger partial charge in [0.25, 0.3) is 5.91 Å². The van der Waals surface area contributed by atoms with Crippen LogP contribution in [0.3, 0.4) is 0 Å². The average Bonchev–Trinajstić information content (AvgIpc) is 2.49. The van der Waals surface area contributed by atoms with Crippen LogP contribution in [0, 0.1) is 6.92 Å². The zero-order valence-electron chi connectivity index (χ0n) is 12.3. The van der Waals surface area contributed by atoms with E-state index in [4.69, 9.17) is 0 Å². The van der Waals surface area contributed by atoms with E-state index in [1.54, 1.807) is 18.2 Å². The van der Waals surface area contributed by atoms with Crippen LogP contribution in [-0.4, -0.2) is 24.6 Å². The Morgan fingerprint density at radius 2 is 1.95 bits per heavy atom. The van der Waals surface area contributed by atoms with Gasteiger partial charge in [0.05, 0.1) is 0 Å². The molecule has 4 nitrogen and oxygen atoms in total. The van der Waals surface area contributed by atoms with Gasteiger partial charge in [-0.3, -0.25) is 4.79 Å². The second-order valence-corrected chi connectivity index (χ2v) is 4.97. The van der Waals surface area contributed by atoms with E-state index in [9.17, 15) is 9.90 Å². The quantitative estimate of drug-likeness (QED) is 0.791. The number of rotatable bonds is 5. The lowest BCUT2D eigenvalue weighted by Crippen LogP contribution is -2.17. The van der Waals surface area contributed by atoms with Gasteiger partial charge >= 0.3 is 0 Å². The third-order valence-corrected chi connectivity index (χ3v) is 3.37. The van der Waals surface area contributed by atoms with Crippen molar-refractivity contribution in [2.45, 2.75) is 13.3 Å². The Hall–Kier alpha value is -2.33. The molecule has 0 aliphatic carbocycles. The van der Waals surface area contributed by atoms with Crippen LogP contribution in [0.15, 0.2) is 42.5 Å². The number of aromatic hydroxyl groups is 1. The lowest BCUT2D eigenvalue weighted by atomic mass is 10.0. The van der Waals surface area contributed by atoms with Gasteiger partial charge in [-0.05, 0) is 50.2 Å². The molecule has 2 aromatic carbocycles. The van der Waals surface area contributed by atoms with Crippen LogP contribution in [0.5, 0.6) is 5.75 Å². The fourth-order valence-electron chi connectivity index (χ4n) is 2.11. The first-order chi connectivity index (χ1) is 10.1. The minimum absolute atomic E-state index is 0.162. The number of hydrogen-bond donors (Lipinski definition) is 3. The molecule has 2 aromatic rings. The Morgan fingerprint density at radius 3 is 2.67 bits per heavy atom. The van der Waals surface area contributed by atoms with Crippen molar-refractivity contribution in [1.29, 1.82) is 0 Å². The highest BCUT2D eigenvalue weighted by Gasteiger charge is 2.11. The number of benzene rings is 2. The SMILES string of the molecule is CNCCc1ccccc1C(=O)Nc1ccc(C)c(O)c1. The number of phenolic OH excluding ortho intramolecular Hbond substituents is 1. The number of carbonyl (C=O) groups is 1. The summed E-state index contributed by atoms with van der Waals surface area (Å²) in [5.41, 5.74) is 3.03. The lowest BCUT2D eigenvalue weighted by molar-refractivity contribution is 0.102. The van der Waals surface area contributed by atoms with Crippen molar-refractivity contribution in [3.05, 3.63) is 59.2 Å². The van der Waals surface area contributed by atoms with Gasteiger partial charge in [0.15, 0.2) is 0 Å². The summed E-state index contributed by atoms with van der Waals surface area (Å²) in [6.45, 7) is 2.63. The maximum Gasteiger partial charge on any atom is 0.255 e. The number of phenols is 1. The Labute approximate surface area is 124 Å². The van der Waals surface area contributed by atoms with Gasteiger partial charge in [-0.25, -0.2) is 0 Å². The van der Waals surface area contributed by atoms with E-state index in [2.05, 4.69) is 10.6 Å². The molecule has 1 amide bonds. The van der Waals surface area contributed by atoms with Gasteiger partial charge in [0.1, 0.15) is 5.75 Å². The molecule has 3 N–H and O–H groups in total. The number of aryl methyl sites for hydroxylation is 1. The summed E-state index contributed by atoms with van der Waals surface area (Å²) < 4.78 is 0. The maximum atomic E-state index is 12.4. The molecule has 0 spiro atoms. The van der Waals surface area contributed by atoms with E-state index in [-0.39, 0.29) is 11.7 Å². The molecule has 0 atom stereocenters. The molecule has 21 heavy (non-hydrogen) atoms. The zero-order chi connectivity index (χ0) is 15.2. The van der Waals surface area contributed by atoms with E-state index >= 15 is 0 Å². The molecule has 0 unspecified atom stereocenters. The molecule has 4 heteroatoms. The standard InChI is InChI=1S/C17H20N2O2/c1-12-7-8-14(11-16(12)20)19-17(21)15-6-4-3-5-13(15)9-10-18-2/h3-8,11,18,20H,9-10H2,1-2H3,(H,19,21). The highest BCUT2D eigenvalue weighted by atomic mass is 16.3. The molecule has 0 fully saturated rings. The lowest BCUT2D eigenvalue weighted by Gasteiger charge is -2.11. The van der Waals surface area contributed by atoms with Gasteiger partial charge in [-0.1, -0.05) is 24.3 Å². The molecule has 0 aromatic heterocycles. The molecule has 0 aliphatic rings. The molecule has 0 heterocycles.